The van der Waals surface area contributed by atoms with E-state index in [0.717, 1.165) is 55.2 Å². The lowest BCUT2D eigenvalue weighted by Gasteiger charge is -2.27. The molecule has 0 aliphatic heterocycles. The van der Waals surface area contributed by atoms with Gasteiger partial charge in [-0.25, -0.2) is 0 Å². The predicted octanol–water partition coefficient (Wildman–Crippen LogP) is 7.58. The molecule has 1 fully saturated rings. The van der Waals surface area contributed by atoms with Crippen LogP contribution in [0.3, 0.4) is 0 Å². The Balaban J connectivity index is 0.000000269. The first-order chi connectivity index (χ1) is 18.0. The first kappa shape index (κ1) is 31.6. The van der Waals surface area contributed by atoms with Crippen molar-refractivity contribution in [1.82, 2.24) is 4.90 Å². The van der Waals surface area contributed by atoms with Gasteiger partial charge in [0.05, 0.1) is 0 Å². The van der Waals surface area contributed by atoms with Crippen molar-refractivity contribution in [3.63, 3.8) is 0 Å². The number of nitrogens with zero attached hydrogens (tertiary/aromatic N) is 1. The van der Waals surface area contributed by atoms with Gasteiger partial charge in [-0.2, -0.15) is 0 Å². The number of carbonyl (C=O) groups excluding carboxylic acids is 2. The topological polar surface area (TPSA) is 61.4 Å². The number of Topliss-reactive ketones (excluding diaryl/α,β-unsaturated/α-hetero) is 1. The molecule has 0 saturated heterocycles. The third kappa shape index (κ3) is 9.90. The maximum Gasteiger partial charge on any atom is 0.227 e. The quantitative estimate of drug-likeness (QED) is 0.316. The second kappa shape index (κ2) is 15.7. The summed E-state index contributed by atoms with van der Waals surface area (Å²) in [6.07, 6.45) is 8.05. The second-order valence-electron chi connectivity index (χ2n) is 11.3. The molecule has 38 heavy (non-hydrogen) atoms. The fraction of sp³-hybridized carbons (Fsp3) is 0.576. The molecule has 0 bridgehead atoms. The van der Waals surface area contributed by atoms with Gasteiger partial charge in [0.1, 0.15) is 0 Å². The van der Waals surface area contributed by atoms with E-state index < -0.39 is 0 Å². The zero-order valence-electron chi connectivity index (χ0n) is 25.2. The fourth-order valence-corrected chi connectivity index (χ4v) is 5.31. The molecule has 2 aromatic rings. The molecule has 5 nitrogen and oxygen atoms in total. The largest absolute Gasteiger partial charge is 0.384 e. The summed E-state index contributed by atoms with van der Waals surface area (Å²) in [4.78, 5) is 26.1. The van der Waals surface area contributed by atoms with Gasteiger partial charge < -0.3 is 15.5 Å². The Morgan fingerprint density at radius 2 is 1.55 bits per heavy atom. The van der Waals surface area contributed by atoms with Crippen molar-refractivity contribution < 1.29 is 9.59 Å². The average Bonchev–Trinajstić information content (AvgIpc) is 2.86. The third-order valence-electron chi connectivity index (χ3n) is 7.78. The number of anilines is 2. The monoisotopic (exact) mass is 521 g/mol. The summed E-state index contributed by atoms with van der Waals surface area (Å²) in [5.41, 5.74) is 7.69. The van der Waals surface area contributed by atoms with Crippen LogP contribution in [0.25, 0.3) is 0 Å². The number of rotatable bonds is 10. The van der Waals surface area contributed by atoms with Crippen LogP contribution in [-0.2, 0) is 11.2 Å². The molecule has 2 aromatic carbocycles. The third-order valence-corrected chi connectivity index (χ3v) is 7.78. The van der Waals surface area contributed by atoms with Crippen LogP contribution in [0.4, 0.5) is 11.4 Å². The summed E-state index contributed by atoms with van der Waals surface area (Å²) >= 11 is 0. The smallest absolute Gasteiger partial charge is 0.227 e. The van der Waals surface area contributed by atoms with Crippen molar-refractivity contribution in [2.45, 2.75) is 86.5 Å². The summed E-state index contributed by atoms with van der Waals surface area (Å²) in [5, 5.41) is 6.46. The Hall–Kier alpha value is -2.66. The van der Waals surface area contributed by atoms with Gasteiger partial charge in [0.15, 0.2) is 5.78 Å². The van der Waals surface area contributed by atoms with Crippen LogP contribution in [0, 0.1) is 32.6 Å². The van der Waals surface area contributed by atoms with E-state index in [4.69, 9.17) is 0 Å². The van der Waals surface area contributed by atoms with E-state index in [9.17, 15) is 9.59 Å². The fourth-order valence-electron chi connectivity index (χ4n) is 5.31. The SMILES string of the molecule is CCCC1CCC(C(=O)Nc2ccc(C)c(C)c2)CC1.CCc1c(C)cc(NCCN(C)C)cc1C(C)=O. The molecule has 0 atom stereocenters. The molecule has 3 rings (SSSR count). The van der Waals surface area contributed by atoms with Crippen molar-refractivity contribution in [3.05, 3.63) is 58.1 Å². The zero-order chi connectivity index (χ0) is 28.2. The number of ketones is 1. The molecule has 2 N–H and O–H groups in total. The molecular formula is C33H51N3O2. The van der Waals surface area contributed by atoms with Crippen LogP contribution in [0.5, 0.6) is 0 Å². The normalized spacial score (nSPS) is 17.0. The molecule has 0 unspecified atom stereocenters. The molecule has 0 heterocycles. The number of nitrogens with one attached hydrogen (secondary N) is 2. The Bertz CT molecular complexity index is 1050. The summed E-state index contributed by atoms with van der Waals surface area (Å²) in [6.45, 7) is 14.1. The molecule has 0 radical (unpaired) electrons. The molecule has 1 aliphatic rings. The van der Waals surface area contributed by atoms with Crippen molar-refractivity contribution >= 4 is 23.1 Å². The Labute approximate surface area is 231 Å². The number of aryl methyl sites for hydroxylation is 3. The maximum atomic E-state index is 12.3. The van der Waals surface area contributed by atoms with Gasteiger partial charge in [0.2, 0.25) is 5.91 Å². The predicted molar refractivity (Wildman–Crippen MR) is 163 cm³/mol. The summed E-state index contributed by atoms with van der Waals surface area (Å²) in [7, 11) is 4.10. The second-order valence-corrected chi connectivity index (χ2v) is 11.3. The zero-order valence-corrected chi connectivity index (χ0v) is 25.2. The minimum absolute atomic E-state index is 0.145. The Kier molecular flexibility index (Phi) is 13.0. The molecule has 1 saturated carbocycles. The van der Waals surface area contributed by atoms with Crippen LogP contribution >= 0.6 is 0 Å². The van der Waals surface area contributed by atoms with E-state index in [0.29, 0.717) is 0 Å². The number of likely N-dealkylation sites (N-methyl/N-ethyl adjacent to an activating group) is 1. The van der Waals surface area contributed by atoms with Crippen molar-refractivity contribution in [2.24, 2.45) is 11.8 Å². The molecule has 0 aromatic heterocycles. The van der Waals surface area contributed by atoms with Crippen LogP contribution in [0.2, 0.25) is 0 Å². The molecule has 5 heteroatoms. The van der Waals surface area contributed by atoms with Crippen LogP contribution in [0.1, 0.15) is 91.9 Å². The minimum atomic E-state index is 0.145. The highest BCUT2D eigenvalue weighted by molar-refractivity contribution is 5.97. The number of hydrogen-bond acceptors (Lipinski definition) is 4. The van der Waals surface area contributed by atoms with E-state index >= 15 is 0 Å². The van der Waals surface area contributed by atoms with E-state index in [1.807, 2.05) is 26.2 Å². The highest BCUT2D eigenvalue weighted by Gasteiger charge is 2.25. The standard InChI is InChI=1S/C18H27NO.C15H24N2O/c1-4-5-15-7-9-16(10-8-15)18(20)19-17-11-6-13(2)14(3)12-17;1-6-14-11(2)9-13(10-15(14)12(3)18)16-7-8-17(4)5/h6,11-12,15-16H,4-5,7-10H2,1-3H3,(H,19,20);9-10,16H,6-8H2,1-5H3. The average molecular weight is 522 g/mol. The molecule has 1 aliphatic carbocycles. The van der Waals surface area contributed by atoms with Gasteiger partial charge in [-0.1, -0.05) is 32.8 Å². The number of carbonyl (C=O) groups is 2. The minimum Gasteiger partial charge on any atom is -0.384 e. The first-order valence-corrected chi connectivity index (χ1v) is 14.5. The Morgan fingerprint density at radius 3 is 2.11 bits per heavy atom. The Morgan fingerprint density at radius 1 is 0.895 bits per heavy atom. The number of benzene rings is 2. The highest BCUT2D eigenvalue weighted by Crippen LogP contribution is 2.32. The van der Waals surface area contributed by atoms with Gasteiger partial charge in [-0.15, -0.1) is 0 Å². The van der Waals surface area contributed by atoms with E-state index in [2.05, 4.69) is 68.4 Å². The van der Waals surface area contributed by atoms with Gasteiger partial charge in [-0.3, -0.25) is 9.59 Å². The lowest BCUT2D eigenvalue weighted by molar-refractivity contribution is -0.121. The molecule has 0 spiro atoms. The van der Waals surface area contributed by atoms with Crippen molar-refractivity contribution in [1.29, 1.82) is 0 Å². The summed E-state index contributed by atoms with van der Waals surface area (Å²) < 4.78 is 0. The molecule has 210 valence electrons. The van der Waals surface area contributed by atoms with Gasteiger partial charge in [0.25, 0.3) is 0 Å². The van der Waals surface area contributed by atoms with E-state index in [1.54, 1.807) is 6.92 Å². The molecular weight excluding hydrogens is 470 g/mol. The summed E-state index contributed by atoms with van der Waals surface area (Å²) in [5.74, 6) is 1.42. The maximum absolute atomic E-state index is 12.3. The lowest BCUT2D eigenvalue weighted by atomic mass is 9.80. The number of hydrogen-bond donors (Lipinski definition) is 2. The van der Waals surface area contributed by atoms with E-state index in [-0.39, 0.29) is 17.6 Å². The van der Waals surface area contributed by atoms with E-state index in [1.165, 1.54) is 47.9 Å². The van der Waals surface area contributed by atoms with Gasteiger partial charge in [-0.05, 0) is 126 Å². The van der Waals surface area contributed by atoms with Crippen molar-refractivity contribution in [3.8, 4) is 0 Å². The lowest BCUT2D eigenvalue weighted by Crippen LogP contribution is -2.27. The van der Waals surface area contributed by atoms with Crippen molar-refractivity contribution in [2.75, 3.05) is 37.8 Å². The summed E-state index contributed by atoms with van der Waals surface area (Å²) in [6, 6.07) is 10.2. The first-order valence-electron chi connectivity index (χ1n) is 14.5. The molecule has 1 amide bonds. The van der Waals surface area contributed by atoms with Crippen LogP contribution in [0.15, 0.2) is 30.3 Å². The highest BCUT2D eigenvalue weighted by atomic mass is 16.2. The van der Waals surface area contributed by atoms with Gasteiger partial charge in [0, 0.05) is 35.9 Å². The van der Waals surface area contributed by atoms with Crippen LogP contribution < -0.4 is 10.6 Å². The number of amides is 1. The van der Waals surface area contributed by atoms with Crippen LogP contribution in [-0.4, -0.2) is 43.8 Å². The van der Waals surface area contributed by atoms with Gasteiger partial charge >= 0.3 is 0 Å².